The van der Waals surface area contributed by atoms with E-state index >= 15 is 0 Å². The molecular weight excluding hydrogens is 545 g/mol. The van der Waals surface area contributed by atoms with Crippen molar-refractivity contribution in [2.75, 3.05) is 19.7 Å². The van der Waals surface area contributed by atoms with Crippen molar-refractivity contribution in [3.63, 3.8) is 0 Å². The maximum absolute atomic E-state index is 13.9. The van der Waals surface area contributed by atoms with E-state index in [0.29, 0.717) is 23.1 Å². The predicted molar refractivity (Wildman–Crippen MR) is 151 cm³/mol. The molecule has 1 aromatic heterocycles. The maximum atomic E-state index is 13.9. The van der Waals surface area contributed by atoms with Crippen molar-refractivity contribution in [1.29, 1.82) is 0 Å². The van der Waals surface area contributed by atoms with Crippen LogP contribution in [0.25, 0.3) is 11.0 Å². The van der Waals surface area contributed by atoms with Gasteiger partial charge in [0.2, 0.25) is 5.91 Å². The highest BCUT2D eigenvalue weighted by Crippen LogP contribution is 2.19. The van der Waals surface area contributed by atoms with E-state index in [2.05, 4.69) is 0 Å². The van der Waals surface area contributed by atoms with Gasteiger partial charge in [0.25, 0.3) is 11.6 Å². The van der Waals surface area contributed by atoms with Crippen molar-refractivity contribution in [2.45, 2.75) is 32.0 Å². The highest BCUT2D eigenvalue weighted by molar-refractivity contribution is 5.96. The summed E-state index contributed by atoms with van der Waals surface area (Å²) in [4.78, 5) is 53.9. The molecule has 1 aliphatic heterocycles. The molecular formula is C31H28FN3O7. The molecule has 11 heteroatoms. The quantitative estimate of drug-likeness (QED) is 0.199. The van der Waals surface area contributed by atoms with Gasteiger partial charge in [-0.15, -0.1) is 0 Å². The number of para-hydroxylation sites is 1. The van der Waals surface area contributed by atoms with E-state index in [1.165, 1.54) is 52.5 Å². The Hall–Kier alpha value is -4.90. The molecule has 0 aliphatic carbocycles. The Morgan fingerprint density at radius 3 is 2.40 bits per heavy atom. The molecule has 2 amide bonds. The summed E-state index contributed by atoms with van der Waals surface area (Å²) in [6.07, 6.45) is 2.60. The zero-order valence-electron chi connectivity index (χ0n) is 22.6. The topological polar surface area (TPSA) is 123 Å². The first-order valence-corrected chi connectivity index (χ1v) is 13.5. The summed E-state index contributed by atoms with van der Waals surface area (Å²) in [5, 5.41) is 11.4. The SMILES string of the molecule is O=C(CN(CC1CCCO1)C(=O)c1ccc([N+](=O)[O-])cc1)N(Cc1ccc(F)cc1)Cc1coc2ccccc2c1=O. The summed E-state index contributed by atoms with van der Waals surface area (Å²) < 4.78 is 25.0. The summed E-state index contributed by atoms with van der Waals surface area (Å²) in [6.45, 7) is 0.292. The summed E-state index contributed by atoms with van der Waals surface area (Å²) in [6, 6.07) is 17.6. The van der Waals surface area contributed by atoms with Gasteiger partial charge in [-0.05, 0) is 54.8 Å². The van der Waals surface area contributed by atoms with Crippen LogP contribution in [0.2, 0.25) is 0 Å². The van der Waals surface area contributed by atoms with Gasteiger partial charge in [-0.3, -0.25) is 24.5 Å². The second-order valence-electron chi connectivity index (χ2n) is 10.1. The fourth-order valence-electron chi connectivity index (χ4n) is 4.90. The molecule has 1 unspecified atom stereocenters. The third kappa shape index (κ3) is 6.69. The van der Waals surface area contributed by atoms with Crippen molar-refractivity contribution in [3.8, 4) is 0 Å². The standard InChI is InChI=1S/C31H28FN3O7/c32-24-11-7-21(8-12-24)16-33(17-23-20-42-28-6-2-1-5-27(28)30(23)37)29(36)19-34(18-26-4-3-15-41-26)31(38)22-9-13-25(14-10-22)35(39)40/h1-2,5-14,20,26H,3-4,15-19H2. The number of amides is 2. The number of rotatable bonds is 10. The zero-order chi connectivity index (χ0) is 29.6. The smallest absolute Gasteiger partial charge is 0.269 e. The minimum Gasteiger partial charge on any atom is -0.464 e. The van der Waals surface area contributed by atoms with Crippen molar-refractivity contribution < 1.29 is 28.1 Å². The molecule has 10 nitrogen and oxygen atoms in total. The van der Waals surface area contributed by atoms with Gasteiger partial charge in [-0.25, -0.2) is 4.39 Å². The van der Waals surface area contributed by atoms with Crippen molar-refractivity contribution in [2.24, 2.45) is 0 Å². The average molecular weight is 574 g/mol. The molecule has 0 saturated carbocycles. The molecule has 42 heavy (non-hydrogen) atoms. The van der Waals surface area contributed by atoms with E-state index < -0.39 is 22.6 Å². The summed E-state index contributed by atoms with van der Waals surface area (Å²) >= 11 is 0. The van der Waals surface area contributed by atoms with Crippen LogP contribution in [0.1, 0.15) is 34.3 Å². The second-order valence-corrected chi connectivity index (χ2v) is 10.1. The average Bonchev–Trinajstić information content (AvgIpc) is 3.52. The number of nitro groups is 1. The van der Waals surface area contributed by atoms with Crippen LogP contribution in [0.5, 0.6) is 0 Å². The van der Waals surface area contributed by atoms with E-state index in [9.17, 15) is 28.9 Å². The Bertz CT molecular complexity index is 1650. The third-order valence-electron chi connectivity index (χ3n) is 7.14. The van der Waals surface area contributed by atoms with Crippen LogP contribution in [0.3, 0.4) is 0 Å². The minimum atomic E-state index is -0.557. The van der Waals surface area contributed by atoms with E-state index in [4.69, 9.17) is 9.15 Å². The molecule has 0 spiro atoms. The monoisotopic (exact) mass is 573 g/mol. The van der Waals surface area contributed by atoms with E-state index in [1.807, 2.05) is 0 Å². The maximum Gasteiger partial charge on any atom is 0.269 e. The number of non-ortho nitro benzene ring substituents is 1. The third-order valence-corrected chi connectivity index (χ3v) is 7.14. The van der Waals surface area contributed by atoms with E-state index in [-0.39, 0.29) is 54.5 Å². The molecule has 1 atom stereocenters. The van der Waals surface area contributed by atoms with Crippen LogP contribution < -0.4 is 5.43 Å². The van der Waals surface area contributed by atoms with Crippen LogP contribution in [0, 0.1) is 15.9 Å². The normalized spacial score (nSPS) is 14.5. The predicted octanol–water partition coefficient (Wildman–Crippen LogP) is 4.69. The first-order valence-electron chi connectivity index (χ1n) is 13.5. The Morgan fingerprint density at radius 1 is 0.976 bits per heavy atom. The molecule has 216 valence electrons. The van der Waals surface area contributed by atoms with Gasteiger partial charge in [0.15, 0.2) is 5.43 Å². The molecule has 5 rings (SSSR count). The number of hydrogen-bond donors (Lipinski definition) is 0. The first kappa shape index (κ1) is 28.6. The number of hydrogen-bond acceptors (Lipinski definition) is 7. The van der Waals surface area contributed by atoms with Crippen LogP contribution in [0.4, 0.5) is 10.1 Å². The van der Waals surface area contributed by atoms with Gasteiger partial charge in [0.05, 0.1) is 34.8 Å². The largest absolute Gasteiger partial charge is 0.464 e. The molecule has 0 bridgehead atoms. The lowest BCUT2D eigenvalue weighted by Crippen LogP contribution is -2.45. The number of nitrogens with zero attached hydrogens (tertiary/aromatic N) is 3. The van der Waals surface area contributed by atoms with Crippen LogP contribution in [0.15, 0.2) is 88.3 Å². The first-order chi connectivity index (χ1) is 20.3. The van der Waals surface area contributed by atoms with E-state index in [1.54, 1.807) is 36.4 Å². The van der Waals surface area contributed by atoms with Crippen LogP contribution in [-0.2, 0) is 22.6 Å². The van der Waals surface area contributed by atoms with Gasteiger partial charge < -0.3 is 19.0 Å². The molecule has 0 radical (unpaired) electrons. The molecule has 0 N–H and O–H groups in total. The molecule has 4 aromatic rings. The number of ether oxygens (including phenoxy) is 1. The molecule has 2 heterocycles. The molecule has 1 aliphatic rings. The van der Waals surface area contributed by atoms with Gasteiger partial charge >= 0.3 is 0 Å². The highest BCUT2D eigenvalue weighted by atomic mass is 19.1. The number of carbonyl (C=O) groups excluding carboxylic acids is 2. The molecule has 1 saturated heterocycles. The van der Waals surface area contributed by atoms with Crippen LogP contribution >= 0.6 is 0 Å². The lowest BCUT2D eigenvalue weighted by molar-refractivity contribution is -0.384. The van der Waals surface area contributed by atoms with Gasteiger partial charge in [0.1, 0.15) is 17.9 Å². The number of carbonyl (C=O) groups is 2. The molecule has 1 fully saturated rings. The van der Waals surface area contributed by atoms with E-state index in [0.717, 1.165) is 12.8 Å². The second kappa shape index (κ2) is 12.7. The number of nitro benzene ring substituents is 1. The number of benzene rings is 3. The lowest BCUT2D eigenvalue weighted by atomic mass is 10.1. The fourth-order valence-corrected chi connectivity index (χ4v) is 4.90. The Kier molecular flexibility index (Phi) is 8.68. The number of halogens is 1. The Labute approximate surface area is 240 Å². The van der Waals surface area contributed by atoms with Gasteiger partial charge in [0, 0.05) is 37.4 Å². The van der Waals surface area contributed by atoms with Gasteiger partial charge in [-0.1, -0.05) is 24.3 Å². The Morgan fingerprint density at radius 2 is 1.71 bits per heavy atom. The number of fused-ring (bicyclic) bond motifs is 1. The van der Waals surface area contributed by atoms with Crippen molar-refractivity contribution in [3.05, 3.63) is 122 Å². The summed E-state index contributed by atoms with van der Waals surface area (Å²) in [5.74, 6) is -1.37. The fraction of sp³-hybridized carbons (Fsp3) is 0.258. The zero-order valence-corrected chi connectivity index (χ0v) is 22.6. The van der Waals surface area contributed by atoms with Crippen molar-refractivity contribution >= 4 is 28.5 Å². The summed E-state index contributed by atoms with van der Waals surface area (Å²) in [7, 11) is 0. The van der Waals surface area contributed by atoms with Gasteiger partial charge in [-0.2, -0.15) is 0 Å². The lowest BCUT2D eigenvalue weighted by Gasteiger charge is -2.29. The van der Waals surface area contributed by atoms with Crippen LogP contribution in [-0.4, -0.2) is 52.3 Å². The Balaban J connectivity index is 1.43. The minimum absolute atomic E-state index is 0.0465. The molecule has 3 aromatic carbocycles. The van der Waals surface area contributed by atoms with Crippen molar-refractivity contribution in [1.82, 2.24) is 9.80 Å². The highest BCUT2D eigenvalue weighted by Gasteiger charge is 2.28. The summed E-state index contributed by atoms with van der Waals surface area (Å²) in [5.41, 5.74) is 1.03.